The van der Waals surface area contributed by atoms with Crippen molar-refractivity contribution in [2.75, 3.05) is 26.2 Å². The monoisotopic (exact) mass is 2050 g/mol. The largest absolute Gasteiger partial charge is 0.508 e. The zero-order valence-electron chi connectivity index (χ0n) is 79.5. The van der Waals surface area contributed by atoms with E-state index < -0.39 is 354 Å². The van der Waals surface area contributed by atoms with Gasteiger partial charge in [0.15, 0.2) is 0 Å². The SMILES string of the molecule is CC(C)C[C@H](NC(=O)[C@H](Cc1ccccc1)NC(=O)CNC(=O)[C@H](CC(N)=O)NC(=O)[C@H](CC(N)=O)NC(=O)[C@H](CC(=O)O)NC(=O)[C@H](Cc1ccc(O)cc1)NC(=O)[C@H](CCC(=O)O)NC(=O)CNC(=O)[C@H](CCC(=O)O)NC(=O)[C@H](CC(=O)O)NC(=O)[C@H](C)NC(=O)[C@H](CCC(=O)O)NC(=O)CNC(=O)[C@H](CCC(=O)O)NC(=O)[C@H](Cc1ccc(O)cc1)NC(=O)[C@@H](N)C(C)C)C(=O)N[C@@H](CCCCN)C(=O)O. The molecule has 0 saturated carbocycles. The highest BCUT2D eigenvalue weighted by molar-refractivity contribution is 6.03. The van der Waals surface area contributed by atoms with Crippen LogP contribution in [-0.2, 0) is 144 Å². The number of benzene rings is 3. The van der Waals surface area contributed by atoms with E-state index in [0.29, 0.717) is 24.0 Å². The third kappa shape index (κ3) is 48.4. The molecule has 15 atom stereocenters. The van der Waals surface area contributed by atoms with Gasteiger partial charge < -0.3 is 159 Å². The van der Waals surface area contributed by atoms with Gasteiger partial charge in [-0.1, -0.05) is 82.3 Å². The Kier molecular flexibility index (Phi) is 52.9. The minimum atomic E-state index is -2.35. The summed E-state index contributed by atoms with van der Waals surface area (Å²) in [6, 6.07) is -9.48. The van der Waals surface area contributed by atoms with Crippen molar-refractivity contribution in [3.8, 4) is 11.5 Å². The average Bonchev–Trinajstić information content (AvgIpc) is 0.772. The molecule has 3 aromatic carbocycles. The van der Waals surface area contributed by atoms with Gasteiger partial charge in [-0.3, -0.25) is 120 Å². The number of carboxylic acid groups (broad SMARTS) is 7. The molecule has 0 fully saturated rings. The molecule has 3 aromatic rings. The quantitative estimate of drug-likeness (QED) is 0.0233. The summed E-state index contributed by atoms with van der Waals surface area (Å²) in [7, 11) is 0. The summed E-state index contributed by atoms with van der Waals surface area (Å²) in [5.41, 5.74) is 23.3. The first-order valence-corrected chi connectivity index (χ1v) is 45.3. The van der Waals surface area contributed by atoms with E-state index in [0.717, 1.165) is 19.1 Å². The van der Waals surface area contributed by atoms with Gasteiger partial charge in [0.1, 0.15) is 96.1 Å². The van der Waals surface area contributed by atoms with Gasteiger partial charge in [0.2, 0.25) is 112 Å². The fourth-order valence-corrected chi connectivity index (χ4v) is 13.4. The second-order valence-electron chi connectivity index (χ2n) is 34.1. The molecule has 0 radical (unpaired) electrons. The van der Waals surface area contributed by atoms with Crippen molar-refractivity contribution in [2.45, 2.75) is 247 Å². The molecule has 0 heterocycles. The van der Waals surface area contributed by atoms with Crippen LogP contribution in [0.1, 0.15) is 154 Å². The van der Waals surface area contributed by atoms with Gasteiger partial charge in [0, 0.05) is 44.9 Å². The predicted molar refractivity (Wildman–Crippen MR) is 498 cm³/mol. The van der Waals surface area contributed by atoms with Gasteiger partial charge in [-0.05, 0) is 118 Å². The zero-order valence-corrected chi connectivity index (χ0v) is 79.5. The number of amides is 19. The maximum absolute atomic E-state index is 14.5. The van der Waals surface area contributed by atoms with Gasteiger partial charge in [0.05, 0.1) is 51.4 Å². The fraction of sp³-hybridized carbons (Fsp3) is 0.506. The number of unbranched alkanes of at least 4 members (excludes halogenated alkanes) is 1. The van der Waals surface area contributed by atoms with E-state index in [1.54, 1.807) is 58.0 Å². The molecule has 0 aliphatic heterocycles. The smallest absolute Gasteiger partial charge is 0.326 e. The lowest BCUT2D eigenvalue weighted by molar-refractivity contribution is -0.143. The van der Waals surface area contributed by atoms with E-state index in [1.807, 2.05) is 21.3 Å². The molecule has 19 amide bonds. The number of carboxylic acids is 7. The van der Waals surface area contributed by atoms with Crippen LogP contribution in [0, 0.1) is 11.8 Å². The van der Waals surface area contributed by atoms with E-state index in [2.05, 4.69) is 69.1 Å². The lowest BCUT2D eigenvalue weighted by Crippen LogP contribution is -2.60. The summed E-state index contributed by atoms with van der Waals surface area (Å²) in [6.07, 6.45) is -12.1. The summed E-state index contributed by atoms with van der Waals surface area (Å²) in [5.74, 6) is -36.9. The maximum atomic E-state index is 14.5. The van der Waals surface area contributed by atoms with Crippen molar-refractivity contribution in [3.05, 3.63) is 95.6 Å². The highest BCUT2D eigenvalue weighted by Crippen LogP contribution is 2.18. The van der Waals surface area contributed by atoms with E-state index in [9.17, 15) is 171 Å². The molecule has 0 aliphatic carbocycles. The molecule has 0 spiro atoms. The number of rotatable bonds is 68. The minimum Gasteiger partial charge on any atom is -0.508 e. The molecule has 0 saturated heterocycles. The highest BCUT2D eigenvalue weighted by Gasteiger charge is 2.40. The summed E-state index contributed by atoms with van der Waals surface area (Å²) in [6.45, 7) is 4.49. The van der Waals surface area contributed by atoms with Crippen LogP contribution >= 0.6 is 0 Å². The number of phenolic OH excluding ortho intramolecular Hbond substituents is 2. The Labute approximate surface area is 827 Å². The number of hydrogen-bond acceptors (Lipinski definition) is 30. The summed E-state index contributed by atoms with van der Waals surface area (Å²) >= 11 is 0. The van der Waals surface area contributed by atoms with Crippen LogP contribution in [0.4, 0.5) is 0 Å². The van der Waals surface area contributed by atoms with Crippen molar-refractivity contribution in [2.24, 2.45) is 34.8 Å². The topological polar surface area (TPSA) is 934 Å². The van der Waals surface area contributed by atoms with Gasteiger partial charge in [-0.15, -0.1) is 0 Å². The maximum Gasteiger partial charge on any atom is 0.326 e. The molecule has 56 heteroatoms. The summed E-state index contributed by atoms with van der Waals surface area (Å²) < 4.78 is 0. The highest BCUT2D eigenvalue weighted by atomic mass is 16.4. The molecule has 56 nitrogen and oxygen atoms in total. The molecule has 3 rings (SSSR count). The first-order valence-electron chi connectivity index (χ1n) is 45.3. The van der Waals surface area contributed by atoms with Gasteiger partial charge in [-0.25, -0.2) is 4.79 Å². The van der Waals surface area contributed by atoms with Gasteiger partial charge in [0.25, 0.3) is 0 Å². The van der Waals surface area contributed by atoms with Crippen LogP contribution in [0.2, 0.25) is 0 Å². The lowest BCUT2D eigenvalue weighted by Gasteiger charge is -2.27. The number of hydrogen-bond donors (Lipinski definition) is 30. The number of primary amides is 2. The summed E-state index contributed by atoms with van der Waals surface area (Å²) in [4.78, 5) is 345. The Morgan fingerprint density at radius 3 is 0.903 bits per heavy atom. The Bertz CT molecular complexity index is 5110. The van der Waals surface area contributed by atoms with Gasteiger partial charge in [-0.2, -0.15) is 0 Å². The van der Waals surface area contributed by atoms with Crippen LogP contribution < -0.4 is 113 Å². The molecular formula is C89H125N21O35. The first-order chi connectivity index (χ1) is 68.0. The fourth-order valence-electron chi connectivity index (χ4n) is 13.4. The lowest BCUT2D eigenvalue weighted by atomic mass is 10.00. The molecule has 34 N–H and O–H groups in total. The molecular weight excluding hydrogens is 1920 g/mol. The number of nitrogens with one attached hydrogen (secondary N) is 17. The standard InChI is InChI=1S/C89H125N21O35/c1-42(2)31-55(81(136)103-54(89(144)145)13-9-10-30-90)105-82(137)56(32-45-11-7-6-8-12-45)100-67(117)41-96-78(133)59(35-63(91)113)107-85(140)60(36-64(92)114)108-87(142)62(38-73(128)129)109-84(139)57(33-46-14-18-48(111)19-15-46)106-80(135)53(25-29-71(124)125)99-66(116)40-95-77(132)51(23-27-69(120)121)102-86(141)61(37-72(126)127)104-75(130)44(5)97-79(134)52(24-28-70(122)123)98-65(115)39-94-76(131)50(22-26-68(118)119)101-83(138)58(110-88(143)74(93)43(3)4)34-47-16-20-49(112)21-17-47/h6-8,11-12,14-21,42-44,50-62,74,111-112H,9-10,13,22-41,90,93H2,1-5H3,(H2,91,113)(H2,92,114)(H,94,131)(H,95,132)(H,96,133)(H,97,134)(H,98,115)(H,99,116)(H,100,117)(H,101,138)(H,102,141)(H,103,136)(H,104,130)(H,105,137)(H,106,135)(H,107,140)(H,108,142)(H,109,139)(H,110,143)(H,118,119)(H,120,121)(H,122,123)(H,124,125)(H,126,127)(H,128,129)(H,144,145)/t44-,50-,51-,52-,53-,54-,55-,56-,57-,58-,59-,60-,61-,62-,74-/m0/s1. The Morgan fingerprint density at radius 1 is 0.283 bits per heavy atom. The molecule has 796 valence electrons. The van der Waals surface area contributed by atoms with Crippen LogP contribution in [0.15, 0.2) is 78.9 Å². The molecule has 0 aromatic heterocycles. The van der Waals surface area contributed by atoms with Gasteiger partial charge >= 0.3 is 41.8 Å². The summed E-state index contributed by atoms with van der Waals surface area (Å²) in [5, 5.41) is 125. The Morgan fingerprint density at radius 2 is 0.559 bits per heavy atom. The number of nitrogens with two attached hydrogens (primary N) is 4. The Hall–Kier alpha value is -16.6. The van der Waals surface area contributed by atoms with Crippen molar-refractivity contribution >= 4 is 154 Å². The number of carbonyl (C=O) groups excluding carboxylic acids is 19. The molecule has 145 heavy (non-hydrogen) atoms. The second-order valence-corrected chi connectivity index (χ2v) is 34.1. The third-order valence-corrected chi connectivity index (χ3v) is 21.2. The second kappa shape index (κ2) is 62.5. The van der Waals surface area contributed by atoms with Crippen LogP contribution in [0.5, 0.6) is 11.5 Å². The van der Waals surface area contributed by atoms with E-state index in [4.69, 9.17) is 22.9 Å². The van der Waals surface area contributed by atoms with Crippen molar-refractivity contribution in [1.82, 2.24) is 90.4 Å². The van der Waals surface area contributed by atoms with Crippen LogP contribution in [-0.4, -0.2) is 317 Å². The molecule has 0 aliphatic rings. The van der Waals surface area contributed by atoms with Crippen molar-refractivity contribution < 1.29 is 171 Å². The Balaban J connectivity index is 1.87. The first kappa shape index (κ1) is 123. The zero-order chi connectivity index (χ0) is 109. The van der Waals surface area contributed by atoms with Crippen molar-refractivity contribution in [1.29, 1.82) is 0 Å². The average molecular weight is 2050 g/mol. The van der Waals surface area contributed by atoms with E-state index in [-0.39, 0.29) is 55.2 Å². The number of aliphatic carboxylic acids is 7. The third-order valence-electron chi connectivity index (χ3n) is 21.2. The molecule has 0 unspecified atom stereocenters. The number of phenols is 2. The van der Waals surface area contributed by atoms with Crippen LogP contribution in [0.25, 0.3) is 0 Å². The van der Waals surface area contributed by atoms with Crippen molar-refractivity contribution in [3.63, 3.8) is 0 Å². The van der Waals surface area contributed by atoms with E-state index in [1.165, 1.54) is 36.4 Å². The van der Waals surface area contributed by atoms with E-state index >= 15 is 0 Å². The number of aromatic hydroxyl groups is 2. The predicted octanol–water partition coefficient (Wildman–Crippen LogP) is -9.32. The minimum absolute atomic E-state index is 0.00349. The number of carbonyl (C=O) groups is 26. The normalized spacial score (nSPS) is 14.0. The van der Waals surface area contributed by atoms with Crippen LogP contribution in [0.3, 0.4) is 0 Å². The molecule has 0 bridgehead atoms.